The minimum absolute atomic E-state index is 0.287. The third kappa shape index (κ3) is 3.09. The van der Waals surface area contributed by atoms with Gasteiger partial charge < -0.3 is 4.52 Å². The summed E-state index contributed by atoms with van der Waals surface area (Å²) in [6, 6.07) is 4.81. The van der Waals surface area contributed by atoms with E-state index in [0.717, 1.165) is 37.8 Å². The SMILES string of the molecule is FC(F)(F)c1ccc(-c2noc(C3CCCCC3)n2)cc1. The molecular weight excluding hydrogens is 281 g/mol. The molecule has 0 bridgehead atoms. The summed E-state index contributed by atoms with van der Waals surface area (Å²) in [7, 11) is 0. The normalized spacial score (nSPS) is 17.1. The lowest BCUT2D eigenvalue weighted by Crippen LogP contribution is -2.05. The highest BCUT2D eigenvalue weighted by Gasteiger charge is 2.30. The Morgan fingerprint density at radius 3 is 2.29 bits per heavy atom. The number of benzene rings is 1. The second-order valence-corrected chi connectivity index (χ2v) is 5.37. The Bertz CT molecular complexity index is 598. The molecular formula is C15H15F3N2O. The third-order valence-electron chi connectivity index (χ3n) is 3.87. The van der Waals surface area contributed by atoms with E-state index in [1.165, 1.54) is 18.6 Å². The van der Waals surface area contributed by atoms with Crippen LogP contribution in [0.5, 0.6) is 0 Å². The van der Waals surface area contributed by atoms with Gasteiger partial charge in [-0.3, -0.25) is 0 Å². The van der Waals surface area contributed by atoms with Crippen LogP contribution in [-0.4, -0.2) is 10.1 Å². The van der Waals surface area contributed by atoms with E-state index in [1.807, 2.05) is 0 Å². The molecule has 1 fully saturated rings. The summed E-state index contributed by atoms with van der Waals surface area (Å²) in [5.74, 6) is 1.24. The van der Waals surface area contributed by atoms with Crippen molar-refractivity contribution in [2.45, 2.75) is 44.2 Å². The number of aromatic nitrogens is 2. The van der Waals surface area contributed by atoms with E-state index >= 15 is 0 Å². The fourth-order valence-corrected chi connectivity index (χ4v) is 2.68. The van der Waals surface area contributed by atoms with E-state index < -0.39 is 11.7 Å². The van der Waals surface area contributed by atoms with E-state index in [-0.39, 0.29) is 5.92 Å². The van der Waals surface area contributed by atoms with E-state index in [2.05, 4.69) is 10.1 Å². The first kappa shape index (κ1) is 14.1. The molecule has 0 atom stereocenters. The van der Waals surface area contributed by atoms with Gasteiger partial charge >= 0.3 is 6.18 Å². The van der Waals surface area contributed by atoms with Crippen molar-refractivity contribution < 1.29 is 17.7 Å². The zero-order valence-corrected chi connectivity index (χ0v) is 11.4. The molecule has 112 valence electrons. The average Bonchev–Trinajstić information content (AvgIpc) is 2.97. The fraction of sp³-hybridized carbons (Fsp3) is 0.467. The van der Waals surface area contributed by atoms with Gasteiger partial charge in [-0.2, -0.15) is 18.2 Å². The molecule has 0 radical (unpaired) electrons. The largest absolute Gasteiger partial charge is 0.416 e. The summed E-state index contributed by atoms with van der Waals surface area (Å²) in [6.45, 7) is 0. The summed E-state index contributed by atoms with van der Waals surface area (Å²) in [5.41, 5.74) is -0.143. The van der Waals surface area contributed by atoms with Crippen LogP contribution in [0.3, 0.4) is 0 Å². The lowest BCUT2D eigenvalue weighted by Gasteiger charge is -2.17. The minimum Gasteiger partial charge on any atom is -0.339 e. The molecule has 3 rings (SSSR count). The zero-order chi connectivity index (χ0) is 14.9. The molecule has 1 heterocycles. The van der Waals surface area contributed by atoms with Gasteiger partial charge in [0.2, 0.25) is 11.7 Å². The van der Waals surface area contributed by atoms with Crippen molar-refractivity contribution in [3.05, 3.63) is 35.7 Å². The molecule has 0 amide bonds. The molecule has 0 saturated heterocycles. The Labute approximate surface area is 120 Å². The van der Waals surface area contributed by atoms with Crippen LogP contribution in [0.2, 0.25) is 0 Å². The van der Waals surface area contributed by atoms with Crippen molar-refractivity contribution >= 4 is 0 Å². The van der Waals surface area contributed by atoms with Gasteiger partial charge in [-0.25, -0.2) is 0 Å². The van der Waals surface area contributed by atoms with Crippen LogP contribution in [0.4, 0.5) is 13.2 Å². The molecule has 2 aromatic rings. The second-order valence-electron chi connectivity index (χ2n) is 5.37. The van der Waals surface area contributed by atoms with Crippen molar-refractivity contribution in [3.8, 4) is 11.4 Å². The summed E-state index contributed by atoms with van der Waals surface area (Å²) in [4.78, 5) is 4.34. The lowest BCUT2D eigenvalue weighted by atomic mass is 9.89. The van der Waals surface area contributed by atoms with Crippen LogP contribution in [0, 0.1) is 0 Å². The Balaban J connectivity index is 1.79. The maximum Gasteiger partial charge on any atom is 0.416 e. The van der Waals surface area contributed by atoms with Crippen LogP contribution in [0.1, 0.15) is 49.5 Å². The molecule has 1 aliphatic carbocycles. The van der Waals surface area contributed by atoms with Crippen LogP contribution in [0.15, 0.2) is 28.8 Å². The molecule has 0 spiro atoms. The Kier molecular flexibility index (Phi) is 3.69. The first-order valence-corrected chi connectivity index (χ1v) is 7.05. The highest BCUT2D eigenvalue weighted by Crippen LogP contribution is 2.33. The third-order valence-corrected chi connectivity index (χ3v) is 3.87. The molecule has 1 saturated carbocycles. The Morgan fingerprint density at radius 1 is 1.00 bits per heavy atom. The maximum atomic E-state index is 12.5. The maximum absolute atomic E-state index is 12.5. The molecule has 21 heavy (non-hydrogen) atoms. The molecule has 0 unspecified atom stereocenters. The first-order chi connectivity index (χ1) is 10.0. The predicted molar refractivity (Wildman–Crippen MR) is 70.6 cm³/mol. The lowest BCUT2D eigenvalue weighted by molar-refractivity contribution is -0.137. The van der Waals surface area contributed by atoms with Gasteiger partial charge in [0.15, 0.2) is 0 Å². The van der Waals surface area contributed by atoms with E-state index in [1.54, 1.807) is 0 Å². The molecule has 0 aliphatic heterocycles. The monoisotopic (exact) mass is 296 g/mol. The minimum atomic E-state index is -4.33. The molecule has 0 N–H and O–H groups in total. The van der Waals surface area contributed by atoms with Gasteiger partial charge in [0, 0.05) is 11.5 Å². The van der Waals surface area contributed by atoms with Gasteiger partial charge in [0.25, 0.3) is 0 Å². The number of alkyl halides is 3. The second kappa shape index (κ2) is 5.50. The van der Waals surface area contributed by atoms with E-state index in [9.17, 15) is 13.2 Å². The Hall–Kier alpha value is -1.85. The number of hydrogen-bond acceptors (Lipinski definition) is 3. The van der Waals surface area contributed by atoms with E-state index in [4.69, 9.17) is 4.52 Å². The van der Waals surface area contributed by atoms with Crippen molar-refractivity contribution in [3.63, 3.8) is 0 Å². The first-order valence-electron chi connectivity index (χ1n) is 7.05. The molecule has 1 aromatic heterocycles. The highest BCUT2D eigenvalue weighted by atomic mass is 19.4. The van der Waals surface area contributed by atoms with Gasteiger partial charge in [-0.15, -0.1) is 0 Å². The standard InChI is InChI=1S/C15H15F3N2O/c16-15(17,18)12-8-6-10(7-9-12)13-19-14(21-20-13)11-4-2-1-3-5-11/h6-9,11H,1-5H2. The van der Waals surface area contributed by atoms with Crippen LogP contribution in [0.25, 0.3) is 11.4 Å². The van der Waals surface area contributed by atoms with Crippen LogP contribution < -0.4 is 0 Å². The van der Waals surface area contributed by atoms with Crippen molar-refractivity contribution in [1.82, 2.24) is 10.1 Å². The molecule has 6 heteroatoms. The predicted octanol–water partition coefficient (Wildman–Crippen LogP) is 4.80. The van der Waals surface area contributed by atoms with E-state index in [0.29, 0.717) is 17.3 Å². The molecule has 3 nitrogen and oxygen atoms in total. The van der Waals surface area contributed by atoms with Gasteiger partial charge in [0.05, 0.1) is 5.56 Å². The number of hydrogen-bond donors (Lipinski definition) is 0. The summed E-state index contributed by atoms with van der Waals surface area (Å²) >= 11 is 0. The quantitative estimate of drug-likeness (QED) is 0.798. The van der Waals surface area contributed by atoms with Gasteiger partial charge in [-0.05, 0) is 25.0 Å². The average molecular weight is 296 g/mol. The number of halogens is 3. The summed E-state index contributed by atoms with van der Waals surface area (Å²) in [6.07, 6.45) is 1.29. The zero-order valence-electron chi connectivity index (χ0n) is 11.4. The fourth-order valence-electron chi connectivity index (χ4n) is 2.68. The van der Waals surface area contributed by atoms with Gasteiger partial charge in [0.1, 0.15) is 0 Å². The Morgan fingerprint density at radius 2 is 1.67 bits per heavy atom. The van der Waals surface area contributed by atoms with Crippen molar-refractivity contribution in [1.29, 1.82) is 0 Å². The smallest absolute Gasteiger partial charge is 0.339 e. The summed E-state index contributed by atoms with van der Waals surface area (Å²) in [5, 5.41) is 3.89. The summed E-state index contributed by atoms with van der Waals surface area (Å²) < 4.78 is 42.8. The number of nitrogens with zero attached hydrogens (tertiary/aromatic N) is 2. The van der Waals surface area contributed by atoms with Crippen LogP contribution >= 0.6 is 0 Å². The van der Waals surface area contributed by atoms with Crippen LogP contribution in [-0.2, 0) is 6.18 Å². The van der Waals surface area contributed by atoms with Crippen molar-refractivity contribution in [2.24, 2.45) is 0 Å². The number of rotatable bonds is 2. The van der Waals surface area contributed by atoms with Gasteiger partial charge in [-0.1, -0.05) is 36.6 Å². The molecule has 1 aromatic carbocycles. The topological polar surface area (TPSA) is 38.9 Å². The van der Waals surface area contributed by atoms with Crippen molar-refractivity contribution in [2.75, 3.05) is 0 Å². The highest BCUT2D eigenvalue weighted by molar-refractivity contribution is 5.54. The molecule has 1 aliphatic rings.